The van der Waals surface area contributed by atoms with E-state index in [1.165, 1.54) is 12.8 Å². The van der Waals surface area contributed by atoms with Crippen LogP contribution in [0.1, 0.15) is 20.3 Å². The summed E-state index contributed by atoms with van der Waals surface area (Å²) in [6, 6.07) is 0. The summed E-state index contributed by atoms with van der Waals surface area (Å²) in [7, 11) is 0. The van der Waals surface area contributed by atoms with Gasteiger partial charge in [-0.25, -0.2) is 0 Å². The van der Waals surface area contributed by atoms with Crippen molar-refractivity contribution >= 4 is 0 Å². The second kappa shape index (κ2) is 4.76. The topological polar surface area (TPSA) is 0 Å². The van der Waals surface area contributed by atoms with Crippen LogP contribution < -0.4 is 0 Å². The third-order valence-corrected chi connectivity index (χ3v) is 6.84. The molecular formula is C11H14Hf. The van der Waals surface area contributed by atoms with Crippen molar-refractivity contribution in [1.82, 2.24) is 0 Å². The fraction of sp³-hybridized carbons (Fsp3) is 0.273. The maximum absolute atomic E-state index is 2.32. The second-order valence-corrected chi connectivity index (χ2v) is 8.29. The van der Waals surface area contributed by atoms with Crippen LogP contribution in [0.2, 0.25) is 0 Å². The molecule has 12 heavy (non-hydrogen) atoms. The van der Waals surface area contributed by atoms with Crippen LogP contribution in [0.3, 0.4) is 0 Å². The van der Waals surface area contributed by atoms with E-state index < -0.39 is 22.9 Å². The predicted octanol–water partition coefficient (Wildman–Crippen LogP) is 3.39. The van der Waals surface area contributed by atoms with E-state index in [0.717, 1.165) is 0 Å². The Morgan fingerprint density at radius 2 is 1.42 bits per heavy atom. The first kappa shape index (κ1) is 9.91. The zero-order valence-electron chi connectivity index (χ0n) is 6.38. The van der Waals surface area contributed by atoms with E-state index in [4.69, 9.17) is 0 Å². The molecule has 0 aromatic rings. The Morgan fingerprint density at radius 3 is 1.75 bits per heavy atom. The van der Waals surface area contributed by atoms with Gasteiger partial charge in [0, 0.05) is 0 Å². The molecular weight excluding hydrogens is 311 g/mol. The van der Waals surface area contributed by atoms with E-state index in [1.807, 2.05) is 0 Å². The number of hydrogen-bond acceptors (Lipinski definition) is 0. The van der Waals surface area contributed by atoms with E-state index in [2.05, 4.69) is 36.5 Å². The standard InChI is InChI=1S/2C5H5.CH4.Hf/c2*1-2-4-5-3-1;;/h2*1-3H,4H2;1H4;. The van der Waals surface area contributed by atoms with Crippen LogP contribution in [0.5, 0.6) is 0 Å². The Hall–Kier alpha value is -0.170. The van der Waals surface area contributed by atoms with Crippen molar-refractivity contribution in [2.75, 3.05) is 0 Å². The molecule has 0 atom stereocenters. The molecule has 0 heterocycles. The molecule has 0 saturated heterocycles. The molecule has 0 saturated carbocycles. The summed E-state index contributed by atoms with van der Waals surface area (Å²) in [5.74, 6) is 0. The molecule has 0 amide bonds. The van der Waals surface area contributed by atoms with Gasteiger partial charge in [0.25, 0.3) is 0 Å². The molecule has 2 aliphatic rings. The first-order valence-corrected chi connectivity index (χ1v) is 7.53. The molecule has 0 nitrogen and oxygen atoms in total. The van der Waals surface area contributed by atoms with Gasteiger partial charge in [0.2, 0.25) is 0 Å². The number of hydrogen-bond donors (Lipinski definition) is 0. The van der Waals surface area contributed by atoms with Crippen LogP contribution in [0.4, 0.5) is 0 Å². The predicted molar refractivity (Wildman–Crippen MR) is 50.4 cm³/mol. The van der Waals surface area contributed by atoms with Crippen molar-refractivity contribution in [3.8, 4) is 0 Å². The Kier molecular flexibility index (Phi) is 3.93. The molecule has 0 aromatic heterocycles. The normalized spacial score (nSPS) is 18.7. The zero-order valence-corrected chi connectivity index (χ0v) is 9.97. The molecule has 62 valence electrons. The zero-order chi connectivity index (χ0) is 7.52. The van der Waals surface area contributed by atoms with Gasteiger partial charge in [-0.05, 0) is 0 Å². The van der Waals surface area contributed by atoms with E-state index in [0.29, 0.717) is 0 Å². The average Bonchev–Trinajstić information content (AvgIpc) is 2.60. The minimum absolute atomic E-state index is 0. The monoisotopic (exact) mass is 326 g/mol. The Labute approximate surface area is 86.1 Å². The number of allylic oxidation sites excluding steroid dienone is 8. The van der Waals surface area contributed by atoms with E-state index in [-0.39, 0.29) is 7.43 Å². The van der Waals surface area contributed by atoms with Crippen molar-refractivity contribution in [2.24, 2.45) is 0 Å². The summed E-state index contributed by atoms with van der Waals surface area (Å²) >= 11 is -0.526. The van der Waals surface area contributed by atoms with Gasteiger partial charge in [-0.2, -0.15) is 0 Å². The van der Waals surface area contributed by atoms with Crippen molar-refractivity contribution in [3.63, 3.8) is 0 Å². The van der Waals surface area contributed by atoms with Gasteiger partial charge < -0.3 is 0 Å². The van der Waals surface area contributed by atoms with Crippen molar-refractivity contribution in [1.29, 1.82) is 0 Å². The van der Waals surface area contributed by atoms with Crippen LogP contribution in [0.15, 0.2) is 43.1 Å². The van der Waals surface area contributed by atoms with Crippen LogP contribution in [0, 0.1) is 0 Å². The van der Waals surface area contributed by atoms with E-state index in [9.17, 15) is 0 Å². The number of rotatable bonds is 2. The summed E-state index contributed by atoms with van der Waals surface area (Å²) in [6.07, 6.45) is 16.1. The summed E-state index contributed by atoms with van der Waals surface area (Å²) < 4.78 is 3.50. The van der Waals surface area contributed by atoms with Crippen molar-refractivity contribution in [3.05, 3.63) is 43.1 Å². The molecule has 2 aliphatic carbocycles. The Balaban J connectivity index is 0.000000720. The van der Waals surface area contributed by atoms with E-state index in [1.54, 1.807) is 6.66 Å². The summed E-state index contributed by atoms with van der Waals surface area (Å²) in [6.45, 7) is 0. The quantitative estimate of drug-likeness (QED) is 0.683. The molecule has 1 heteroatoms. The molecule has 0 spiro atoms. The van der Waals surface area contributed by atoms with Crippen LogP contribution in [-0.4, -0.2) is 0 Å². The fourth-order valence-electron chi connectivity index (χ4n) is 1.29. The third-order valence-electron chi connectivity index (χ3n) is 1.86. The molecule has 0 aliphatic heterocycles. The summed E-state index contributed by atoms with van der Waals surface area (Å²) in [4.78, 5) is 0. The molecule has 0 aromatic carbocycles. The van der Waals surface area contributed by atoms with Crippen molar-refractivity contribution in [2.45, 2.75) is 20.3 Å². The average molecular weight is 325 g/mol. The minimum atomic E-state index is -0.526. The molecule has 0 radical (unpaired) electrons. The summed E-state index contributed by atoms with van der Waals surface area (Å²) in [5, 5.41) is 0. The van der Waals surface area contributed by atoms with Crippen LogP contribution in [0.25, 0.3) is 0 Å². The van der Waals surface area contributed by atoms with Crippen molar-refractivity contribution < 1.29 is 22.9 Å². The van der Waals surface area contributed by atoms with Gasteiger partial charge in [-0.15, -0.1) is 0 Å². The molecule has 0 bridgehead atoms. The van der Waals surface area contributed by atoms with Gasteiger partial charge in [0.1, 0.15) is 0 Å². The fourth-order valence-corrected chi connectivity index (χ4v) is 5.64. The molecule has 2 rings (SSSR count). The first-order valence-electron chi connectivity index (χ1n) is 3.93. The maximum atomic E-state index is 2.32. The van der Waals surface area contributed by atoms with Gasteiger partial charge in [-0.1, -0.05) is 7.43 Å². The molecule has 0 fully saturated rings. The third kappa shape index (κ3) is 2.41. The molecule has 0 unspecified atom stereocenters. The van der Waals surface area contributed by atoms with Gasteiger partial charge in [0.05, 0.1) is 0 Å². The Morgan fingerprint density at radius 1 is 0.917 bits per heavy atom. The van der Waals surface area contributed by atoms with Gasteiger partial charge in [-0.3, -0.25) is 0 Å². The van der Waals surface area contributed by atoms with Gasteiger partial charge in [0.15, 0.2) is 0 Å². The molecule has 0 N–H and O–H groups in total. The Bertz CT molecular complexity index is 239. The van der Waals surface area contributed by atoms with Crippen LogP contribution >= 0.6 is 0 Å². The SMILES string of the molecule is C.C1=CC[C]([Hf][C]2=CC=CC2)=C1. The van der Waals surface area contributed by atoms with Gasteiger partial charge >= 0.3 is 78.9 Å². The first-order chi connectivity index (χ1) is 5.45. The second-order valence-electron chi connectivity index (χ2n) is 2.77. The van der Waals surface area contributed by atoms with E-state index >= 15 is 0 Å². The van der Waals surface area contributed by atoms with Crippen LogP contribution in [-0.2, 0) is 22.9 Å². The summed E-state index contributed by atoms with van der Waals surface area (Å²) in [5.41, 5.74) is 0.